The molecule has 0 fully saturated rings. The molecule has 0 N–H and O–H groups in total. The minimum atomic E-state index is -1.98. The van der Waals surface area contributed by atoms with Crippen LogP contribution in [-0.2, 0) is 18.6 Å². The molecule has 0 aromatic carbocycles. The molecule has 0 bridgehead atoms. The summed E-state index contributed by atoms with van der Waals surface area (Å²) in [5.41, 5.74) is 0. The van der Waals surface area contributed by atoms with Crippen molar-refractivity contribution in [3.05, 3.63) is 0 Å². The van der Waals surface area contributed by atoms with E-state index in [1.807, 2.05) is 0 Å². The Labute approximate surface area is 60.4 Å². The van der Waals surface area contributed by atoms with Gasteiger partial charge in [-0.05, 0) is 0 Å². The van der Waals surface area contributed by atoms with E-state index in [1.54, 1.807) is 0 Å². The third kappa shape index (κ3) is 4.53. The summed E-state index contributed by atoms with van der Waals surface area (Å²) in [4.78, 5) is 10.4. The van der Waals surface area contributed by atoms with Gasteiger partial charge in [-0.15, -0.1) is 0 Å². The van der Waals surface area contributed by atoms with Crippen LogP contribution >= 0.6 is 8.03 Å². The number of carbonyl (C=O) groups excluding carboxylic acids is 1. The van der Waals surface area contributed by atoms with Crippen LogP contribution in [0.15, 0.2) is 0 Å². The zero-order valence-electron chi connectivity index (χ0n) is 6.05. The van der Waals surface area contributed by atoms with Gasteiger partial charge < -0.3 is 9.26 Å². The van der Waals surface area contributed by atoms with E-state index in [0.717, 1.165) is 0 Å². The molecular weight excluding hydrogens is 155 g/mol. The lowest BCUT2D eigenvalue weighted by Crippen LogP contribution is -2.00. The quantitative estimate of drug-likeness (QED) is 0.455. The van der Waals surface area contributed by atoms with Gasteiger partial charge in [-0.1, -0.05) is 0 Å². The highest BCUT2D eigenvalue weighted by Gasteiger charge is 2.02. The molecule has 0 aliphatic rings. The number of hydrogen-bond acceptors (Lipinski definition) is 4. The maximum Gasteiger partial charge on any atom is 0.306 e. The largest absolute Gasteiger partial charge is 0.469 e. The van der Waals surface area contributed by atoms with Crippen LogP contribution in [0.25, 0.3) is 0 Å². The lowest BCUT2D eigenvalue weighted by Gasteiger charge is -1.97. The minimum Gasteiger partial charge on any atom is -0.469 e. The van der Waals surface area contributed by atoms with E-state index >= 15 is 0 Å². The zero-order valence-corrected chi connectivity index (χ0v) is 7.05. The molecule has 10 heavy (non-hydrogen) atoms. The molecule has 0 aliphatic carbocycles. The van der Waals surface area contributed by atoms with Gasteiger partial charge >= 0.3 is 5.97 Å². The summed E-state index contributed by atoms with van der Waals surface area (Å²) >= 11 is 0. The second-order valence-electron chi connectivity index (χ2n) is 1.65. The average molecular weight is 166 g/mol. The Morgan fingerprint density at radius 1 is 1.50 bits per heavy atom. The Morgan fingerprint density at radius 3 is 2.50 bits per heavy atom. The van der Waals surface area contributed by atoms with Gasteiger partial charge in [-0.25, -0.2) is 0 Å². The maximum absolute atomic E-state index is 10.6. The summed E-state index contributed by atoms with van der Waals surface area (Å²) in [6, 6.07) is 0. The second kappa shape index (κ2) is 5.45. The molecule has 0 amide bonds. The van der Waals surface area contributed by atoms with E-state index in [9.17, 15) is 9.36 Å². The van der Waals surface area contributed by atoms with Gasteiger partial charge in [0, 0.05) is 13.3 Å². The van der Waals surface area contributed by atoms with Gasteiger partial charge in [0.2, 0.25) is 0 Å². The van der Waals surface area contributed by atoms with Gasteiger partial charge in [-0.2, -0.15) is 0 Å². The van der Waals surface area contributed by atoms with E-state index in [4.69, 9.17) is 0 Å². The van der Waals surface area contributed by atoms with Gasteiger partial charge in [-0.3, -0.25) is 9.36 Å². The van der Waals surface area contributed by atoms with Crippen molar-refractivity contribution in [2.75, 3.05) is 20.4 Å². The topological polar surface area (TPSA) is 52.6 Å². The molecule has 4 nitrogen and oxygen atoms in total. The molecule has 0 saturated carbocycles. The predicted octanol–water partition coefficient (Wildman–Crippen LogP) is 0.671. The Kier molecular flexibility index (Phi) is 5.26. The molecule has 0 spiro atoms. The summed E-state index contributed by atoms with van der Waals surface area (Å²) < 4.78 is 19.4. The number of carbonyl (C=O) groups is 1. The van der Waals surface area contributed by atoms with Crippen molar-refractivity contribution in [3.8, 4) is 0 Å². The second-order valence-corrected chi connectivity index (χ2v) is 3.30. The fraction of sp³-hybridized carbons (Fsp3) is 0.800. The first-order valence-electron chi connectivity index (χ1n) is 2.84. The molecule has 0 aromatic heterocycles. The molecule has 60 valence electrons. The Hall–Kier alpha value is -0.340. The standard InChI is InChI=1S/C5H11O4P/c1-8-5(6)3-4-10(7)9-2/h10H,3-4H2,1-2H3. The van der Waals surface area contributed by atoms with Crippen LogP contribution in [0, 0.1) is 0 Å². The van der Waals surface area contributed by atoms with E-state index < -0.39 is 8.03 Å². The van der Waals surface area contributed by atoms with Crippen molar-refractivity contribution in [1.29, 1.82) is 0 Å². The number of rotatable bonds is 4. The average Bonchev–Trinajstić information content (AvgIpc) is 1.99. The van der Waals surface area contributed by atoms with E-state index in [0.29, 0.717) is 0 Å². The molecule has 0 aromatic rings. The van der Waals surface area contributed by atoms with Crippen molar-refractivity contribution in [2.45, 2.75) is 6.42 Å². The van der Waals surface area contributed by atoms with Crippen LogP contribution in [0.5, 0.6) is 0 Å². The number of ether oxygens (including phenoxy) is 1. The lowest BCUT2D eigenvalue weighted by molar-refractivity contribution is -0.140. The zero-order chi connectivity index (χ0) is 7.98. The monoisotopic (exact) mass is 166 g/mol. The normalized spacial score (nSPS) is 12.6. The molecule has 1 unspecified atom stereocenters. The van der Waals surface area contributed by atoms with Crippen LogP contribution in [0.1, 0.15) is 6.42 Å². The molecule has 0 radical (unpaired) electrons. The lowest BCUT2D eigenvalue weighted by atomic mass is 10.5. The van der Waals surface area contributed by atoms with E-state index in [1.165, 1.54) is 14.2 Å². The van der Waals surface area contributed by atoms with Crippen LogP contribution in [0.3, 0.4) is 0 Å². The summed E-state index contributed by atoms with van der Waals surface area (Å²) in [5.74, 6) is -0.351. The fourth-order valence-corrected chi connectivity index (χ4v) is 1.02. The molecule has 0 rings (SSSR count). The van der Waals surface area contributed by atoms with Crippen molar-refractivity contribution in [2.24, 2.45) is 0 Å². The van der Waals surface area contributed by atoms with Gasteiger partial charge in [0.1, 0.15) is 0 Å². The number of methoxy groups -OCH3 is 1. The summed E-state index contributed by atoms with van der Waals surface area (Å²) in [7, 11) is 0.673. The van der Waals surface area contributed by atoms with Gasteiger partial charge in [0.25, 0.3) is 0 Å². The highest BCUT2D eigenvalue weighted by molar-refractivity contribution is 7.39. The van der Waals surface area contributed by atoms with E-state index in [-0.39, 0.29) is 18.6 Å². The maximum atomic E-state index is 10.6. The van der Waals surface area contributed by atoms with Crippen LogP contribution in [0.4, 0.5) is 0 Å². The Bertz CT molecular complexity index is 118. The van der Waals surface area contributed by atoms with E-state index in [2.05, 4.69) is 9.26 Å². The van der Waals surface area contributed by atoms with Crippen molar-refractivity contribution < 1.29 is 18.6 Å². The van der Waals surface area contributed by atoms with Crippen molar-refractivity contribution in [1.82, 2.24) is 0 Å². The first-order chi connectivity index (χ1) is 4.70. The molecule has 5 heteroatoms. The predicted molar refractivity (Wildman–Crippen MR) is 37.5 cm³/mol. The van der Waals surface area contributed by atoms with Gasteiger partial charge in [0.05, 0.1) is 13.5 Å². The number of esters is 1. The molecule has 1 atom stereocenters. The molecule has 0 heterocycles. The van der Waals surface area contributed by atoms with Crippen molar-refractivity contribution in [3.63, 3.8) is 0 Å². The molecule has 0 aliphatic heterocycles. The van der Waals surface area contributed by atoms with Crippen LogP contribution < -0.4 is 0 Å². The summed E-state index contributed by atoms with van der Waals surface area (Å²) in [6.07, 6.45) is 0.440. The summed E-state index contributed by atoms with van der Waals surface area (Å²) in [6.45, 7) is 0. The third-order valence-corrected chi connectivity index (χ3v) is 2.10. The highest BCUT2D eigenvalue weighted by atomic mass is 31.1. The number of hydrogen-bond donors (Lipinski definition) is 0. The Morgan fingerprint density at radius 2 is 2.10 bits per heavy atom. The Balaban J connectivity index is 3.35. The van der Waals surface area contributed by atoms with Crippen LogP contribution in [0.2, 0.25) is 0 Å². The van der Waals surface area contributed by atoms with Crippen molar-refractivity contribution >= 4 is 14.0 Å². The highest BCUT2D eigenvalue weighted by Crippen LogP contribution is 2.20. The SMILES string of the molecule is COC(=O)CC[PH](=O)OC. The van der Waals surface area contributed by atoms with Gasteiger partial charge in [0.15, 0.2) is 8.03 Å². The first-order valence-corrected chi connectivity index (χ1v) is 4.36. The minimum absolute atomic E-state index is 0.169. The summed E-state index contributed by atoms with van der Waals surface area (Å²) in [5, 5.41) is 0. The fourth-order valence-electron chi connectivity index (χ4n) is 0.408. The molecular formula is C5H11O4P. The smallest absolute Gasteiger partial charge is 0.306 e. The van der Waals surface area contributed by atoms with Crippen LogP contribution in [-0.4, -0.2) is 26.4 Å². The third-order valence-electron chi connectivity index (χ3n) is 0.989. The molecule has 0 saturated heterocycles. The first kappa shape index (κ1) is 9.66.